The summed E-state index contributed by atoms with van der Waals surface area (Å²) < 4.78 is 5.75. The SMILES string of the molecule is C/C=C(\C=C/CC)Oc1ccc(CN(C=O)CCO)cc1. The van der Waals surface area contributed by atoms with E-state index in [2.05, 4.69) is 6.92 Å². The van der Waals surface area contributed by atoms with Crippen molar-refractivity contribution >= 4 is 6.41 Å². The Balaban J connectivity index is 2.65. The molecule has 0 atom stereocenters. The first-order valence-corrected chi connectivity index (χ1v) is 7.13. The second-order valence-electron chi connectivity index (χ2n) is 4.55. The number of aliphatic hydroxyl groups is 1. The van der Waals surface area contributed by atoms with Crippen molar-refractivity contribution in [3.05, 3.63) is 53.8 Å². The summed E-state index contributed by atoms with van der Waals surface area (Å²) in [4.78, 5) is 12.4. The van der Waals surface area contributed by atoms with Crippen LogP contribution in [0.3, 0.4) is 0 Å². The first-order chi connectivity index (χ1) is 10.2. The molecule has 4 heteroatoms. The molecule has 21 heavy (non-hydrogen) atoms. The molecule has 0 saturated carbocycles. The maximum Gasteiger partial charge on any atom is 0.210 e. The fraction of sp³-hybridized carbons (Fsp3) is 0.353. The van der Waals surface area contributed by atoms with Crippen LogP contribution in [0.15, 0.2) is 48.3 Å². The smallest absolute Gasteiger partial charge is 0.210 e. The normalized spacial score (nSPS) is 11.7. The van der Waals surface area contributed by atoms with Crippen LogP contribution in [0.1, 0.15) is 25.8 Å². The largest absolute Gasteiger partial charge is 0.458 e. The van der Waals surface area contributed by atoms with E-state index in [-0.39, 0.29) is 6.61 Å². The molecule has 0 bridgehead atoms. The van der Waals surface area contributed by atoms with Gasteiger partial charge >= 0.3 is 0 Å². The van der Waals surface area contributed by atoms with Crippen LogP contribution >= 0.6 is 0 Å². The lowest BCUT2D eigenvalue weighted by molar-refractivity contribution is -0.119. The second kappa shape index (κ2) is 9.77. The van der Waals surface area contributed by atoms with Crippen LogP contribution in [0, 0.1) is 0 Å². The van der Waals surface area contributed by atoms with Gasteiger partial charge in [-0.1, -0.05) is 25.1 Å². The van der Waals surface area contributed by atoms with Gasteiger partial charge in [0.15, 0.2) is 0 Å². The molecule has 1 aromatic rings. The summed E-state index contributed by atoms with van der Waals surface area (Å²) in [5.74, 6) is 1.56. The summed E-state index contributed by atoms with van der Waals surface area (Å²) in [5, 5.41) is 8.85. The minimum Gasteiger partial charge on any atom is -0.458 e. The van der Waals surface area contributed by atoms with E-state index in [1.165, 1.54) is 4.90 Å². The summed E-state index contributed by atoms with van der Waals surface area (Å²) in [6.45, 7) is 4.79. The molecule has 0 aromatic heterocycles. The number of carbonyl (C=O) groups excluding carboxylic acids is 1. The fourth-order valence-electron chi connectivity index (χ4n) is 1.75. The van der Waals surface area contributed by atoms with Gasteiger partial charge in [-0.3, -0.25) is 4.79 Å². The topological polar surface area (TPSA) is 49.8 Å². The Kier molecular flexibility index (Phi) is 7.90. The molecule has 0 heterocycles. The molecule has 0 aliphatic carbocycles. The van der Waals surface area contributed by atoms with Crippen LogP contribution in [-0.4, -0.2) is 29.6 Å². The van der Waals surface area contributed by atoms with Crippen molar-refractivity contribution in [2.24, 2.45) is 0 Å². The molecular formula is C17H23NO3. The van der Waals surface area contributed by atoms with Crippen LogP contribution < -0.4 is 4.74 Å². The van der Waals surface area contributed by atoms with Gasteiger partial charge in [0.1, 0.15) is 11.5 Å². The number of hydrogen-bond donors (Lipinski definition) is 1. The average molecular weight is 289 g/mol. The Morgan fingerprint density at radius 3 is 2.57 bits per heavy atom. The van der Waals surface area contributed by atoms with Crippen LogP contribution in [0.4, 0.5) is 0 Å². The van der Waals surface area contributed by atoms with Gasteiger partial charge in [0, 0.05) is 13.1 Å². The molecule has 1 amide bonds. The minimum atomic E-state index is -0.0334. The molecule has 0 saturated heterocycles. The third kappa shape index (κ3) is 6.27. The fourth-order valence-corrected chi connectivity index (χ4v) is 1.75. The van der Waals surface area contributed by atoms with Gasteiger partial charge in [-0.2, -0.15) is 0 Å². The summed E-state index contributed by atoms with van der Waals surface area (Å²) in [6.07, 6.45) is 7.61. The van der Waals surface area contributed by atoms with Gasteiger partial charge in [0.25, 0.3) is 0 Å². The Hall–Kier alpha value is -2.07. The van der Waals surface area contributed by atoms with E-state index in [4.69, 9.17) is 9.84 Å². The molecule has 1 rings (SSSR count). The molecule has 0 unspecified atom stereocenters. The predicted octanol–water partition coefficient (Wildman–Crippen LogP) is 2.89. The lowest BCUT2D eigenvalue weighted by Crippen LogP contribution is -2.24. The van der Waals surface area contributed by atoms with Crippen LogP contribution in [0.5, 0.6) is 5.75 Å². The van der Waals surface area contributed by atoms with E-state index >= 15 is 0 Å². The summed E-state index contributed by atoms with van der Waals surface area (Å²) >= 11 is 0. The van der Waals surface area contributed by atoms with Crippen LogP contribution in [0.25, 0.3) is 0 Å². The van der Waals surface area contributed by atoms with Crippen molar-refractivity contribution in [3.8, 4) is 5.75 Å². The molecule has 0 radical (unpaired) electrons. The molecule has 0 aliphatic rings. The van der Waals surface area contributed by atoms with E-state index < -0.39 is 0 Å². The number of amides is 1. The zero-order valence-corrected chi connectivity index (χ0v) is 12.7. The molecule has 0 aliphatic heterocycles. The number of benzene rings is 1. The molecule has 114 valence electrons. The van der Waals surface area contributed by atoms with E-state index in [1.54, 1.807) is 0 Å². The lowest BCUT2D eigenvalue weighted by Gasteiger charge is -2.16. The molecule has 4 nitrogen and oxygen atoms in total. The maximum atomic E-state index is 10.8. The van der Waals surface area contributed by atoms with Crippen molar-refractivity contribution in [3.63, 3.8) is 0 Å². The number of rotatable bonds is 9. The monoisotopic (exact) mass is 289 g/mol. The Labute approximate surface area is 126 Å². The quantitative estimate of drug-likeness (QED) is 0.432. The van der Waals surface area contributed by atoms with Gasteiger partial charge in [0.05, 0.1) is 6.61 Å². The first kappa shape index (κ1) is 17.0. The standard InChI is InChI=1S/C17H23NO3/c1-3-5-6-16(4-2)21-17-9-7-15(8-10-17)13-18(14-20)11-12-19/h4-10,14,19H,3,11-13H2,1-2H3/b6-5-,16-4+. The minimum absolute atomic E-state index is 0.0334. The zero-order chi connectivity index (χ0) is 15.5. The van der Waals surface area contributed by atoms with Crippen molar-refractivity contribution in [1.29, 1.82) is 0 Å². The van der Waals surface area contributed by atoms with E-state index in [0.717, 1.165) is 29.9 Å². The zero-order valence-electron chi connectivity index (χ0n) is 12.7. The summed E-state index contributed by atoms with van der Waals surface area (Å²) in [5.41, 5.74) is 0.994. The van der Waals surface area contributed by atoms with Gasteiger partial charge < -0.3 is 14.7 Å². The summed E-state index contributed by atoms with van der Waals surface area (Å²) in [6, 6.07) is 7.58. The molecule has 1 N–H and O–H groups in total. The molecular weight excluding hydrogens is 266 g/mol. The maximum absolute atomic E-state index is 10.8. The number of ether oxygens (including phenoxy) is 1. The highest BCUT2D eigenvalue weighted by molar-refractivity contribution is 5.47. The Bertz CT molecular complexity index is 477. The van der Waals surface area contributed by atoms with Crippen molar-refractivity contribution < 1.29 is 14.6 Å². The van der Waals surface area contributed by atoms with Crippen LogP contribution in [-0.2, 0) is 11.3 Å². The van der Waals surface area contributed by atoms with Crippen molar-refractivity contribution in [2.45, 2.75) is 26.8 Å². The third-order valence-corrected chi connectivity index (χ3v) is 2.88. The highest BCUT2D eigenvalue weighted by atomic mass is 16.5. The molecule has 0 fully saturated rings. The third-order valence-electron chi connectivity index (χ3n) is 2.88. The van der Waals surface area contributed by atoms with Crippen LogP contribution in [0.2, 0.25) is 0 Å². The summed E-state index contributed by atoms with van der Waals surface area (Å²) in [7, 11) is 0. The number of allylic oxidation sites excluding steroid dienone is 3. The molecule has 0 spiro atoms. The highest BCUT2D eigenvalue weighted by Crippen LogP contribution is 2.16. The van der Waals surface area contributed by atoms with Gasteiger partial charge in [-0.15, -0.1) is 0 Å². The molecule has 1 aromatic carbocycles. The predicted molar refractivity (Wildman–Crippen MR) is 83.8 cm³/mol. The number of hydrogen-bond acceptors (Lipinski definition) is 3. The van der Waals surface area contributed by atoms with Gasteiger partial charge in [-0.25, -0.2) is 0 Å². The number of carbonyl (C=O) groups is 1. The second-order valence-corrected chi connectivity index (χ2v) is 4.55. The van der Waals surface area contributed by atoms with E-state index in [1.807, 2.05) is 49.4 Å². The van der Waals surface area contributed by atoms with E-state index in [0.29, 0.717) is 13.1 Å². The van der Waals surface area contributed by atoms with Crippen molar-refractivity contribution in [2.75, 3.05) is 13.2 Å². The number of aliphatic hydroxyl groups excluding tert-OH is 1. The van der Waals surface area contributed by atoms with Gasteiger partial charge in [-0.05, 0) is 43.2 Å². The van der Waals surface area contributed by atoms with Gasteiger partial charge in [0.2, 0.25) is 6.41 Å². The Morgan fingerprint density at radius 2 is 2.05 bits per heavy atom. The number of nitrogens with zero attached hydrogens (tertiary/aromatic N) is 1. The lowest BCUT2D eigenvalue weighted by atomic mass is 10.2. The highest BCUT2D eigenvalue weighted by Gasteiger charge is 2.03. The Morgan fingerprint density at radius 1 is 1.33 bits per heavy atom. The van der Waals surface area contributed by atoms with E-state index in [9.17, 15) is 4.79 Å². The van der Waals surface area contributed by atoms with Crippen molar-refractivity contribution in [1.82, 2.24) is 4.90 Å². The average Bonchev–Trinajstić information content (AvgIpc) is 2.52. The first-order valence-electron chi connectivity index (χ1n) is 7.13.